The van der Waals surface area contributed by atoms with E-state index in [0.29, 0.717) is 13.0 Å². The SMILES string of the molecule is CCCOc1ccc(C(F)(F)F)cc1NC(=O)CSCC#N. The molecule has 0 aromatic heterocycles. The van der Waals surface area contributed by atoms with Crippen molar-refractivity contribution in [2.45, 2.75) is 19.5 Å². The van der Waals surface area contributed by atoms with Crippen LogP contribution < -0.4 is 10.1 Å². The molecule has 0 saturated carbocycles. The number of carbonyl (C=O) groups is 1. The lowest BCUT2D eigenvalue weighted by atomic mass is 10.1. The molecule has 1 aromatic carbocycles. The van der Waals surface area contributed by atoms with Gasteiger partial charge >= 0.3 is 6.18 Å². The van der Waals surface area contributed by atoms with E-state index in [2.05, 4.69) is 5.32 Å². The second-order valence-electron chi connectivity index (χ2n) is 4.26. The largest absolute Gasteiger partial charge is 0.491 e. The molecule has 0 unspecified atom stereocenters. The molecule has 0 radical (unpaired) electrons. The first-order valence-electron chi connectivity index (χ1n) is 6.47. The number of ether oxygens (including phenoxy) is 1. The Morgan fingerprint density at radius 3 is 2.77 bits per heavy atom. The number of benzene rings is 1. The highest BCUT2D eigenvalue weighted by Crippen LogP contribution is 2.35. The van der Waals surface area contributed by atoms with Gasteiger partial charge in [0.2, 0.25) is 5.91 Å². The van der Waals surface area contributed by atoms with Crippen molar-refractivity contribution < 1.29 is 22.7 Å². The van der Waals surface area contributed by atoms with E-state index in [1.54, 1.807) is 0 Å². The lowest BCUT2D eigenvalue weighted by Gasteiger charge is -2.15. The molecule has 0 spiro atoms. The molecule has 0 fully saturated rings. The molecule has 0 aliphatic carbocycles. The third-order valence-electron chi connectivity index (χ3n) is 2.44. The zero-order valence-electron chi connectivity index (χ0n) is 11.9. The maximum Gasteiger partial charge on any atom is 0.416 e. The molecular formula is C14H15F3N2O2S. The van der Waals surface area contributed by atoms with Gasteiger partial charge in [0, 0.05) is 0 Å². The predicted octanol–water partition coefficient (Wildman–Crippen LogP) is 3.69. The van der Waals surface area contributed by atoms with Crippen molar-refractivity contribution in [2.24, 2.45) is 0 Å². The number of halogens is 3. The standard InChI is InChI=1S/C14H15F3N2O2S/c1-2-6-21-12-4-3-10(14(15,16)17)8-11(12)19-13(20)9-22-7-5-18/h3-4,8H,2,6-7,9H2,1H3,(H,19,20). The molecule has 0 saturated heterocycles. The number of nitrogens with one attached hydrogen (secondary N) is 1. The van der Waals surface area contributed by atoms with Gasteiger partial charge in [-0.1, -0.05) is 6.92 Å². The molecule has 1 amide bonds. The van der Waals surface area contributed by atoms with Gasteiger partial charge in [0.25, 0.3) is 0 Å². The number of hydrogen-bond acceptors (Lipinski definition) is 4. The molecule has 0 aliphatic rings. The highest BCUT2D eigenvalue weighted by molar-refractivity contribution is 8.00. The van der Waals surface area contributed by atoms with E-state index < -0.39 is 17.6 Å². The number of anilines is 1. The molecule has 8 heteroatoms. The maximum absolute atomic E-state index is 12.7. The van der Waals surface area contributed by atoms with Gasteiger partial charge < -0.3 is 10.1 Å². The highest BCUT2D eigenvalue weighted by atomic mass is 32.2. The molecule has 0 bridgehead atoms. The number of alkyl halides is 3. The van der Waals surface area contributed by atoms with Gasteiger partial charge in [-0.2, -0.15) is 18.4 Å². The summed E-state index contributed by atoms with van der Waals surface area (Å²) in [5.41, 5.74) is -0.887. The fourth-order valence-electron chi connectivity index (χ4n) is 1.52. The van der Waals surface area contributed by atoms with Crippen molar-refractivity contribution in [1.82, 2.24) is 0 Å². The Bertz CT molecular complexity index is 556. The Kier molecular flexibility index (Phi) is 7.05. The minimum atomic E-state index is -4.50. The molecule has 120 valence electrons. The van der Waals surface area contributed by atoms with Crippen molar-refractivity contribution in [2.75, 3.05) is 23.4 Å². The number of carbonyl (C=O) groups excluding carboxylic acids is 1. The van der Waals surface area contributed by atoms with E-state index in [-0.39, 0.29) is 22.9 Å². The summed E-state index contributed by atoms with van der Waals surface area (Å²) in [6, 6.07) is 4.81. The zero-order valence-corrected chi connectivity index (χ0v) is 12.7. The van der Waals surface area contributed by atoms with Crippen LogP contribution in [0.3, 0.4) is 0 Å². The van der Waals surface area contributed by atoms with E-state index in [9.17, 15) is 18.0 Å². The summed E-state index contributed by atoms with van der Waals surface area (Å²) in [7, 11) is 0. The van der Waals surface area contributed by atoms with Crippen molar-refractivity contribution in [3.63, 3.8) is 0 Å². The van der Waals surface area contributed by atoms with Crippen molar-refractivity contribution in [3.8, 4) is 11.8 Å². The minimum Gasteiger partial charge on any atom is -0.491 e. The van der Waals surface area contributed by atoms with Crippen molar-refractivity contribution >= 4 is 23.4 Å². The number of nitriles is 1. The van der Waals surface area contributed by atoms with Crippen molar-refractivity contribution in [3.05, 3.63) is 23.8 Å². The second kappa shape index (κ2) is 8.54. The topological polar surface area (TPSA) is 62.1 Å². The molecular weight excluding hydrogens is 317 g/mol. The van der Waals surface area contributed by atoms with Gasteiger partial charge in [0.1, 0.15) is 5.75 Å². The quantitative estimate of drug-likeness (QED) is 0.774. The van der Waals surface area contributed by atoms with E-state index in [1.165, 1.54) is 6.07 Å². The van der Waals surface area contributed by atoms with Gasteiger partial charge in [-0.05, 0) is 24.6 Å². The van der Waals surface area contributed by atoms with Crippen LogP contribution in [0.2, 0.25) is 0 Å². The molecule has 22 heavy (non-hydrogen) atoms. The van der Waals surface area contributed by atoms with Crippen LogP contribution in [0.15, 0.2) is 18.2 Å². The third kappa shape index (κ3) is 5.85. The van der Waals surface area contributed by atoms with Crippen LogP contribution in [0.25, 0.3) is 0 Å². The Morgan fingerprint density at radius 2 is 2.18 bits per heavy atom. The maximum atomic E-state index is 12.7. The van der Waals surface area contributed by atoms with Crippen molar-refractivity contribution in [1.29, 1.82) is 5.26 Å². The lowest BCUT2D eigenvalue weighted by molar-refractivity contribution is -0.137. The number of nitrogens with zero attached hydrogens (tertiary/aromatic N) is 1. The Balaban J connectivity index is 2.91. The first-order chi connectivity index (χ1) is 10.4. The van der Waals surface area contributed by atoms with E-state index in [1.807, 2.05) is 13.0 Å². The summed E-state index contributed by atoms with van der Waals surface area (Å²) in [6.07, 6.45) is -3.81. The van der Waals surface area contributed by atoms with Gasteiger partial charge in [0.05, 0.1) is 35.4 Å². The average molecular weight is 332 g/mol. The smallest absolute Gasteiger partial charge is 0.416 e. The van der Waals surface area contributed by atoms with Gasteiger partial charge in [-0.3, -0.25) is 4.79 Å². The van der Waals surface area contributed by atoms with Crippen LogP contribution >= 0.6 is 11.8 Å². The van der Waals surface area contributed by atoms with E-state index >= 15 is 0 Å². The fraction of sp³-hybridized carbons (Fsp3) is 0.429. The fourth-order valence-corrected chi connectivity index (χ4v) is 1.97. The summed E-state index contributed by atoms with van der Waals surface area (Å²) < 4.78 is 43.6. The number of hydrogen-bond donors (Lipinski definition) is 1. The summed E-state index contributed by atoms with van der Waals surface area (Å²) in [5.74, 6) is -0.180. The molecule has 1 rings (SSSR count). The van der Waals surface area contributed by atoms with E-state index in [0.717, 1.165) is 23.9 Å². The minimum absolute atomic E-state index is 0.0168. The molecule has 0 aliphatic heterocycles. The van der Waals surface area contributed by atoms with Crippen LogP contribution in [0.5, 0.6) is 5.75 Å². The second-order valence-corrected chi connectivity index (χ2v) is 5.24. The molecule has 1 aromatic rings. The lowest BCUT2D eigenvalue weighted by Crippen LogP contribution is -2.16. The molecule has 4 nitrogen and oxygen atoms in total. The van der Waals surface area contributed by atoms with Gasteiger partial charge in [-0.25, -0.2) is 0 Å². The summed E-state index contributed by atoms with van der Waals surface area (Å²) in [4.78, 5) is 11.7. The van der Waals surface area contributed by atoms with Crippen LogP contribution in [0, 0.1) is 11.3 Å². The normalized spacial score (nSPS) is 10.9. The van der Waals surface area contributed by atoms with E-state index in [4.69, 9.17) is 10.00 Å². The van der Waals surface area contributed by atoms with Gasteiger partial charge in [0.15, 0.2) is 0 Å². The molecule has 0 atom stereocenters. The molecule has 0 heterocycles. The summed E-state index contributed by atoms with van der Waals surface area (Å²) in [5, 5.41) is 10.8. The third-order valence-corrected chi connectivity index (χ3v) is 3.24. The predicted molar refractivity (Wildman–Crippen MR) is 78.8 cm³/mol. The molecule has 1 N–H and O–H groups in total. The Hall–Kier alpha value is -1.88. The zero-order chi connectivity index (χ0) is 16.6. The van der Waals surface area contributed by atoms with Crippen LogP contribution in [0.1, 0.15) is 18.9 Å². The number of amides is 1. The van der Waals surface area contributed by atoms with Crippen LogP contribution in [-0.2, 0) is 11.0 Å². The summed E-state index contributed by atoms with van der Waals surface area (Å²) in [6.45, 7) is 2.19. The monoisotopic (exact) mass is 332 g/mol. The Labute approximate surface area is 130 Å². The Morgan fingerprint density at radius 1 is 1.45 bits per heavy atom. The first-order valence-corrected chi connectivity index (χ1v) is 7.62. The van der Waals surface area contributed by atoms with Crippen LogP contribution in [-0.4, -0.2) is 24.0 Å². The number of thioether (sulfide) groups is 1. The summed E-state index contributed by atoms with van der Waals surface area (Å²) >= 11 is 1.08. The van der Waals surface area contributed by atoms with Gasteiger partial charge in [-0.15, -0.1) is 11.8 Å². The van der Waals surface area contributed by atoms with Crippen LogP contribution in [0.4, 0.5) is 18.9 Å². The average Bonchev–Trinajstić information content (AvgIpc) is 2.45. The number of rotatable bonds is 7. The first kappa shape index (κ1) is 18.2. The highest BCUT2D eigenvalue weighted by Gasteiger charge is 2.31.